The SMILES string of the molecule is CC(C)(C)OC(=O)N[C@@H](CCCCN)C(=O)OCc1ccc([N+](=O)[O-])cc1. The maximum Gasteiger partial charge on any atom is 0.408 e. The number of ether oxygens (including phenoxy) is 2. The first-order valence-corrected chi connectivity index (χ1v) is 8.72. The van der Waals surface area contributed by atoms with Crippen LogP contribution in [0.4, 0.5) is 10.5 Å². The summed E-state index contributed by atoms with van der Waals surface area (Å²) in [5, 5.41) is 13.2. The summed E-state index contributed by atoms with van der Waals surface area (Å²) in [5.74, 6) is -0.601. The van der Waals surface area contributed by atoms with E-state index in [0.29, 0.717) is 31.4 Å². The smallest absolute Gasteiger partial charge is 0.408 e. The number of esters is 1. The molecule has 27 heavy (non-hydrogen) atoms. The molecule has 0 bridgehead atoms. The minimum Gasteiger partial charge on any atom is -0.459 e. The molecular formula is C18H27N3O6. The third-order valence-electron chi connectivity index (χ3n) is 3.45. The zero-order valence-electron chi connectivity index (χ0n) is 15.9. The van der Waals surface area contributed by atoms with Crippen molar-refractivity contribution in [2.24, 2.45) is 5.73 Å². The number of amides is 1. The number of hydrogen-bond acceptors (Lipinski definition) is 7. The molecule has 0 aliphatic rings. The van der Waals surface area contributed by atoms with Crippen molar-refractivity contribution in [2.75, 3.05) is 6.54 Å². The van der Waals surface area contributed by atoms with Gasteiger partial charge in [-0.25, -0.2) is 9.59 Å². The normalized spacial score (nSPS) is 12.1. The highest BCUT2D eigenvalue weighted by Gasteiger charge is 2.25. The third-order valence-corrected chi connectivity index (χ3v) is 3.45. The molecule has 1 aromatic rings. The van der Waals surface area contributed by atoms with E-state index in [4.69, 9.17) is 15.2 Å². The van der Waals surface area contributed by atoms with Gasteiger partial charge < -0.3 is 20.5 Å². The Bertz CT molecular complexity index is 639. The first-order valence-electron chi connectivity index (χ1n) is 8.72. The van der Waals surface area contributed by atoms with Crippen molar-refractivity contribution < 1.29 is 24.0 Å². The third kappa shape index (κ3) is 9.00. The van der Waals surface area contributed by atoms with Crippen LogP contribution in [0.3, 0.4) is 0 Å². The van der Waals surface area contributed by atoms with E-state index in [1.807, 2.05) is 0 Å². The average molecular weight is 381 g/mol. The second kappa shape index (κ2) is 10.5. The maximum absolute atomic E-state index is 12.4. The first kappa shape index (κ1) is 22.4. The van der Waals surface area contributed by atoms with Crippen LogP contribution >= 0.6 is 0 Å². The molecule has 1 aromatic carbocycles. The van der Waals surface area contributed by atoms with Gasteiger partial charge in [-0.05, 0) is 64.3 Å². The van der Waals surface area contributed by atoms with Crippen LogP contribution in [0.2, 0.25) is 0 Å². The lowest BCUT2D eigenvalue weighted by molar-refractivity contribution is -0.384. The molecule has 150 valence electrons. The van der Waals surface area contributed by atoms with Crippen LogP contribution in [0.5, 0.6) is 0 Å². The number of carbonyl (C=O) groups is 2. The lowest BCUT2D eigenvalue weighted by Crippen LogP contribution is -2.44. The second-order valence-electron chi connectivity index (χ2n) is 7.01. The van der Waals surface area contributed by atoms with Gasteiger partial charge in [0.05, 0.1) is 4.92 Å². The number of nitro benzene ring substituents is 1. The van der Waals surface area contributed by atoms with E-state index in [2.05, 4.69) is 5.32 Å². The number of nitro groups is 1. The quantitative estimate of drug-likeness (QED) is 0.291. The zero-order chi connectivity index (χ0) is 20.4. The molecule has 0 radical (unpaired) electrons. The zero-order valence-corrected chi connectivity index (χ0v) is 15.9. The Kier molecular flexibility index (Phi) is 8.67. The Hall–Kier alpha value is -2.68. The predicted molar refractivity (Wildman–Crippen MR) is 99.0 cm³/mol. The molecule has 0 spiro atoms. The van der Waals surface area contributed by atoms with Gasteiger partial charge in [0.1, 0.15) is 18.2 Å². The second-order valence-corrected chi connectivity index (χ2v) is 7.01. The van der Waals surface area contributed by atoms with Crippen LogP contribution in [0.15, 0.2) is 24.3 Å². The van der Waals surface area contributed by atoms with Gasteiger partial charge >= 0.3 is 12.1 Å². The van der Waals surface area contributed by atoms with Crippen molar-refractivity contribution in [1.29, 1.82) is 0 Å². The van der Waals surface area contributed by atoms with Gasteiger partial charge in [0.2, 0.25) is 0 Å². The number of rotatable bonds is 9. The number of hydrogen-bond donors (Lipinski definition) is 2. The molecular weight excluding hydrogens is 354 g/mol. The number of nitrogens with one attached hydrogen (secondary N) is 1. The summed E-state index contributed by atoms with van der Waals surface area (Å²) >= 11 is 0. The Morgan fingerprint density at radius 1 is 1.22 bits per heavy atom. The Morgan fingerprint density at radius 2 is 1.85 bits per heavy atom. The average Bonchev–Trinajstić information content (AvgIpc) is 2.57. The minimum atomic E-state index is -0.857. The lowest BCUT2D eigenvalue weighted by Gasteiger charge is -2.23. The van der Waals surface area contributed by atoms with Gasteiger partial charge in [-0.3, -0.25) is 10.1 Å². The summed E-state index contributed by atoms with van der Waals surface area (Å²) in [6, 6.07) is 4.83. The summed E-state index contributed by atoms with van der Waals surface area (Å²) in [5.41, 5.74) is 5.34. The maximum atomic E-state index is 12.4. The summed E-state index contributed by atoms with van der Waals surface area (Å²) < 4.78 is 10.4. The van der Waals surface area contributed by atoms with Crippen molar-refractivity contribution in [3.63, 3.8) is 0 Å². The molecule has 0 aliphatic carbocycles. The molecule has 0 aliphatic heterocycles. The van der Waals surface area contributed by atoms with Gasteiger partial charge in [-0.1, -0.05) is 0 Å². The fourth-order valence-electron chi connectivity index (χ4n) is 2.16. The van der Waals surface area contributed by atoms with Crippen LogP contribution in [0.1, 0.15) is 45.6 Å². The molecule has 1 rings (SSSR count). The van der Waals surface area contributed by atoms with Crippen molar-refractivity contribution in [1.82, 2.24) is 5.32 Å². The van der Waals surface area contributed by atoms with Crippen LogP contribution in [-0.2, 0) is 20.9 Å². The molecule has 9 nitrogen and oxygen atoms in total. The highest BCUT2D eigenvalue weighted by atomic mass is 16.6. The fourth-order valence-corrected chi connectivity index (χ4v) is 2.16. The van der Waals surface area contributed by atoms with E-state index < -0.39 is 28.6 Å². The number of alkyl carbamates (subject to hydrolysis) is 1. The largest absolute Gasteiger partial charge is 0.459 e. The molecule has 0 aromatic heterocycles. The summed E-state index contributed by atoms with van der Waals surface area (Å²) in [4.78, 5) is 34.5. The molecule has 3 N–H and O–H groups in total. The van der Waals surface area contributed by atoms with Crippen molar-refractivity contribution in [3.05, 3.63) is 39.9 Å². The fraction of sp³-hybridized carbons (Fsp3) is 0.556. The Balaban J connectivity index is 2.65. The van der Waals surface area contributed by atoms with Crippen molar-refractivity contribution >= 4 is 17.7 Å². The molecule has 0 unspecified atom stereocenters. The highest BCUT2D eigenvalue weighted by molar-refractivity contribution is 5.81. The van der Waals surface area contributed by atoms with Gasteiger partial charge in [0, 0.05) is 12.1 Å². The molecule has 0 heterocycles. The molecule has 0 saturated carbocycles. The van der Waals surface area contributed by atoms with E-state index >= 15 is 0 Å². The number of nitrogens with zero attached hydrogens (tertiary/aromatic N) is 1. The number of carbonyl (C=O) groups excluding carboxylic acids is 2. The molecule has 0 fully saturated rings. The molecule has 9 heteroatoms. The van der Waals surface area contributed by atoms with Gasteiger partial charge in [-0.15, -0.1) is 0 Å². The number of unbranched alkanes of at least 4 members (excludes halogenated alkanes) is 1. The highest BCUT2D eigenvalue weighted by Crippen LogP contribution is 2.14. The molecule has 1 amide bonds. The van der Waals surface area contributed by atoms with E-state index in [-0.39, 0.29) is 12.3 Å². The minimum absolute atomic E-state index is 0.0451. The molecule has 1 atom stereocenters. The van der Waals surface area contributed by atoms with Gasteiger partial charge in [0.15, 0.2) is 0 Å². The standard InChI is InChI=1S/C18H27N3O6/c1-18(2,3)27-17(23)20-15(6-4-5-11-19)16(22)26-12-13-7-9-14(10-8-13)21(24)25/h7-10,15H,4-6,11-12,19H2,1-3H3,(H,20,23)/t15-/m0/s1. The van der Waals surface area contributed by atoms with Crippen LogP contribution in [0, 0.1) is 10.1 Å². The van der Waals surface area contributed by atoms with Crippen LogP contribution in [-0.4, -0.2) is 35.2 Å². The summed E-state index contributed by atoms with van der Waals surface area (Å²) in [7, 11) is 0. The Morgan fingerprint density at radius 3 is 2.37 bits per heavy atom. The topological polar surface area (TPSA) is 134 Å². The number of benzene rings is 1. The lowest BCUT2D eigenvalue weighted by atomic mass is 10.1. The van der Waals surface area contributed by atoms with Crippen molar-refractivity contribution in [3.8, 4) is 0 Å². The van der Waals surface area contributed by atoms with E-state index in [9.17, 15) is 19.7 Å². The van der Waals surface area contributed by atoms with Crippen LogP contribution in [0.25, 0.3) is 0 Å². The summed E-state index contributed by atoms with van der Waals surface area (Å²) in [6.07, 6.45) is 1.02. The number of nitrogens with two attached hydrogens (primary N) is 1. The van der Waals surface area contributed by atoms with Crippen molar-refractivity contribution in [2.45, 2.75) is 58.3 Å². The molecule has 0 saturated heterocycles. The van der Waals surface area contributed by atoms with E-state index in [1.165, 1.54) is 24.3 Å². The predicted octanol–water partition coefficient (Wildman–Crippen LogP) is 2.66. The monoisotopic (exact) mass is 381 g/mol. The summed E-state index contributed by atoms with van der Waals surface area (Å²) in [6.45, 7) is 5.60. The van der Waals surface area contributed by atoms with E-state index in [1.54, 1.807) is 20.8 Å². The van der Waals surface area contributed by atoms with E-state index in [0.717, 1.165) is 0 Å². The van der Waals surface area contributed by atoms with Gasteiger partial charge in [0.25, 0.3) is 5.69 Å². The van der Waals surface area contributed by atoms with Crippen LogP contribution < -0.4 is 11.1 Å². The Labute approximate surface area is 158 Å². The van der Waals surface area contributed by atoms with Gasteiger partial charge in [-0.2, -0.15) is 0 Å². The first-order chi connectivity index (χ1) is 12.6. The number of non-ortho nitro benzene ring substituents is 1.